The van der Waals surface area contributed by atoms with Gasteiger partial charge in [-0.3, -0.25) is 4.79 Å². The maximum atomic E-state index is 13.2. The molecule has 0 fully saturated rings. The van der Waals surface area contributed by atoms with Gasteiger partial charge >= 0.3 is 0 Å². The zero-order chi connectivity index (χ0) is 19.4. The fourth-order valence-corrected chi connectivity index (χ4v) is 2.91. The first-order chi connectivity index (χ1) is 13.0. The normalized spacial score (nSPS) is 10.5. The van der Waals surface area contributed by atoms with E-state index in [0.29, 0.717) is 23.9 Å². The van der Waals surface area contributed by atoms with Crippen molar-refractivity contribution < 1.29 is 18.7 Å². The molecule has 27 heavy (non-hydrogen) atoms. The van der Waals surface area contributed by atoms with Gasteiger partial charge in [-0.15, -0.1) is 0 Å². The molecule has 3 aromatic rings. The van der Waals surface area contributed by atoms with Crippen LogP contribution in [0, 0.1) is 5.82 Å². The van der Waals surface area contributed by atoms with E-state index >= 15 is 0 Å². The van der Waals surface area contributed by atoms with E-state index in [1.807, 2.05) is 12.1 Å². The quantitative estimate of drug-likeness (QED) is 0.692. The van der Waals surface area contributed by atoms with Crippen molar-refractivity contribution in [3.63, 3.8) is 0 Å². The summed E-state index contributed by atoms with van der Waals surface area (Å²) < 4.78 is 25.5. The third-order valence-corrected chi connectivity index (χ3v) is 4.25. The minimum Gasteiger partial charge on any atom is -0.493 e. The van der Waals surface area contributed by atoms with Crippen LogP contribution in [-0.4, -0.2) is 29.9 Å². The maximum Gasteiger partial charge on any atom is 0.258 e. The molecular weight excluding hydrogens is 373 g/mol. The molecule has 1 N–H and O–H groups in total. The Kier molecular flexibility index (Phi) is 5.61. The second-order valence-corrected chi connectivity index (χ2v) is 6.01. The molecule has 0 atom stereocenters. The van der Waals surface area contributed by atoms with Gasteiger partial charge in [0.25, 0.3) is 5.91 Å². The molecule has 0 bridgehead atoms. The van der Waals surface area contributed by atoms with Crippen molar-refractivity contribution in [3.8, 4) is 11.5 Å². The van der Waals surface area contributed by atoms with Crippen LogP contribution in [-0.2, 0) is 6.54 Å². The predicted octanol–water partition coefficient (Wildman–Crippen LogP) is 3.99. The van der Waals surface area contributed by atoms with Gasteiger partial charge in [-0.05, 0) is 24.3 Å². The first kappa shape index (κ1) is 18.7. The minimum atomic E-state index is -0.508. The van der Waals surface area contributed by atoms with Crippen LogP contribution in [0.15, 0.2) is 48.7 Å². The summed E-state index contributed by atoms with van der Waals surface area (Å²) in [5.74, 6) is 0.691. The summed E-state index contributed by atoms with van der Waals surface area (Å²) in [6.45, 7) is 0.347. The van der Waals surface area contributed by atoms with Crippen molar-refractivity contribution in [2.45, 2.75) is 6.54 Å². The van der Waals surface area contributed by atoms with Crippen LogP contribution in [0.25, 0.3) is 0 Å². The topological polar surface area (TPSA) is 65.4 Å². The van der Waals surface area contributed by atoms with E-state index in [-0.39, 0.29) is 10.6 Å². The number of nitrogens with zero attached hydrogens (tertiary/aromatic N) is 2. The van der Waals surface area contributed by atoms with Crippen LogP contribution in [0.4, 0.5) is 10.2 Å². The highest BCUT2D eigenvalue weighted by atomic mass is 35.5. The number of methoxy groups -OCH3 is 2. The lowest BCUT2D eigenvalue weighted by Crippen LogP contribution is -2.17. The molecule has 0 saturated carbocycles. The van der Waals surface area contributed by atoms with E-state index in [9.17, 15) is 9.18 Å². The van der Waals surface area contributed by atoms with Gasteiger partial charge in [0.05, 0.1) is 37.5 Å². The van der Waals surface area contributed by atoms with Crippen molar-refractivity contribution in [2.24, 2.45) is 0 Å². The molecule has 3 rings (SSSR count). The standard InChI is InChI=1S/C19H17ClFN3O3/c1-26-16-5-3-4-12(18(16)27-2)11-24-17(8-9-22-24)23-19(25)14-7-6-13(21)10-15(14)20/h3-10H,11H2,1-2H3,(H,23,25). The number of aromatic nitrogens is 2. The summed E-state index contributed by atoms with van der Waals surface area (Å²) in [7, 11) is 3.12. The SMILES string of the molecule is COc1cccc(Cn2nccc2NC(=O)c2ccc(F)cc2Cl)c1OC. The molecule has 8 heteroatoms. The maximum absolute atomic E-state index is 13.2. The summed E-state index contributed by atoms with van der Waals surface area (Å²) in [4.78, 5) is 12.5. The van der Waals surface area contributed by atoms with Crippen molar-refractivity contribution in [1.29, 1.82) is 0 Å². The molecular formula is C19H17ClFN3O3. The van der Waals surface area contributed by atoms with E-state index < -0.39 is 11.7 Å². The molecule has 0 aliphatic heterocycles. The van der Waals surface area contributed by atoms with Gasteiger partial charge < -0.3 is 14.8 Å². The Morgan fingerprint density at radius 1 is 1.22 bits per heavy atom. The van der Waals surface area contributed by atoms with E-state index in [1.165, 1.54) is 12.1 Å². The Bertz CT molecular complexity index is 975. The summed E-state index contributed by atoms with van der Waals surface area (Å²) in [6, 6.07) is 10.8. The van der Waals surface area contributed by atoms with Crippen LogP contribution in [0.5, 0.6) is 11.5 Å². The summed E-state index contributed by atoms with van der Waals surface area (Å²) in [6.07, 6.45) is 1.56. The number of nitrogens with one attached hydrogen (secondary N) is 1. The van der Waals surface area contributed by atoms with Gasteiger partial charge in [0.2, 0.25) is 0 Å². The number of carbonyl (C=O) groups excluding carboxylic acids is 1. The molecule has 0 aliphatic carbocycles. The molecule has 1 heterocycles. The highest BCUT2D eigenvalue weighted by Crippen LogP contribution is 2.31. The van der Waals surface area contributed by atoms with E-state index in [2.05, 4.69) is 10.4 Å². The summed E-state index contributed by atoms with van der Waals surface area (Å²) in [5, 5.41) is 7.01. The number of rotatable bonds is 6. The van der Waals surface area contributed by atoms with Crippen LogP contribution in [0.2, 0.25) is 5.02 Å². The number of anilines is 1. The van der Waals surface area contributed by atoms with E-state index in [1.54, 1.807) is 37.2 Å². The lowest BCUT2D eigenvalue weighted by molar-refractivity contribution is 0.102. The Labute approximate surface area is 160 Å². The van der Waals surface area contributed by atoms with Crippen molar-refractivity contribution in [3.05, 3.63) is 70.6 Å². The van der Waals surface area contributed by atoms with Crippen molar-refractivity contribution >= 4 is 23.3 Å². The smallest absolute Gasteiger partial charge is 0.258 e. The third-order valence-electron chi connectivity index (χ3n) is 3.94. The van der Waals surface area contributed by atoms with Gasteiger partial charge in [0.1, 0.15) is 11.6 Å². The van der Waals surface area contributed by atoms with Gasteiger partial charge in [0, 0.05) is 11.6 Å². The van der Waals surface area contributed by atoms with Crippen LogP contribution >= 0.6 is 11.6 Å². The van der Waals surface area contributed by atoms with E-state index in [4.69, 9.17) is 21.1 Å². The average Bonchev–Trinajstić information content (AvgIpc) is 3.07. The molecule has 0 radical (unpaired) electrons. The van der Waals surface area contributed by atoms with Crippen molar-refractivity contribution in [2.75, 3.05) is 19.5 Å². The fraction of sp³-hybridized carbons (Fsp3) is 0.158. The lowest BCUT2D eigenvalue weighted by atomic mass is 10.2. The lowest BCUT2D eigenvalue weighted by Gasteiger charge is -2.14. The monoisotopic (exact) mass is 389 g/mol. The minimum absolute atomic E-state index is 0.0352. The number of para-hydroxylation sites is 1. The van der Waals surface area contributed by atoms with Crippen LogP contribution in [0.3, 0.4) is 0 Å². The second-order valence-electron chi connectivity index (χ2n) is 5.61. The summed E-state index contributed by atoms with van der Waals surface area (Å²) in [5.41, 5.74) is 1.00. The molecule has 1 aromatic heterocycles. The van der Waals surface area contributed by atoms with Gasteiger partial charge in [0.15, 0.2) is 11.5 Å². The molecule has 0 saturated heterocycles. The fourth-order valence-electron chi connectivity index (χ4n) is 2.66. The molecule has 0 unspecified atom stereocenters. The average molecular weight is 390 g/mol. The predicted molar refractivity (Wildman–Crippen MR) is 100 cm³/mol. The molecule has 2 aromatic carbocycles. The number of halogens is 2. The van der Waals surface area contributed by atoms with Gasteiger partial charge in [-0.25, -0.2) is 9.07 Å². The Morgan fingerprint density at radius 2 is 2.04 bits per heavy atom. The number of carbonyl (C=O) groups is 1. The molecule has 0 aliphatic rings. The number of hydrogen-bond acceptors (Lipinski definition) is 4. The Hall–Kier alpha value is -3.06. The first-order valence-electron chi connectivity index (χ1n) is 8.01. The number of hydrogen-bond donors (Lipinski definition) is 1. The number of amides is 1. The van der Waals surface area contributed by atoms with Crippen molar-refractivity contribution in [1.82, 2.24) is 9.78 Å². The second kappa shape index (κ2) is 8.09. The van der Waals surface area contributed by atoms with Crippen LogP contribution in [0.1, 0.15) is 15.9 Å². The molecule has 140 valence electrons. The highest BCUT2D eigenvalue weighted by Gasteiger charge is 2.15. The highest BCUT2D eigenvalue weighted by molar-refractivity contribution is 6.34. The van der Waals surface area contributed by atoms with E-state index in [0.717, 1.165) is 11.6 Å². The number of benzene rings is 2. The summed E-state index contributed by atoms with van der Waals surface area (Å²) >= 11 is 5.95. The van der Waals surface area contributed by atoms with Gasteiger partial charge in [-0.2, -0.15) is 5.10 Å². The Morgan fingerprint density at radius 3 is 2.74 bits per heavy atom. The molecule has 0 spiro atoms. The van der Waals surface area contributed by atoms with Crippen LogP contribution < -0.4 is 14.8 Å². The Balaban J connectivity index is 1.84. The molecule has 1 amide bonds. The largest absolute Gasteiger partial charge is 0.493 e. The zero-order valence-corrected chi connectivity index (χ0v) is 15.5. The third kappa shape index (κ3) is 4.03. The number of ether oxygens (including phenoxy) is 2. The van der Waals surface area contributed by atoms with Gasteiger partial charge in [-0.1, -0.05) is 23.7 Å². The zero-order valence-electron chi connectivity index (χ0n) is 14.7. The first-order valence-corrected chi connectivity index (χ1v) is 8.39. The molecule has 6 nitrogen and oxygen atoms in total.